The van der Waals surface area contributed by atoms with Crippen LogP contribution in [0.5, 0.6) is 5.75 Å². The number of amides is 1. The zero-order valence-electron chi connectivity index (χ0n) is 22.6. The number of carbonyl (C=O) groups excluding carboxylic acids is 1. The highest BCUT2D eigenvalue weighted by molar-refractivity contribution is 5.94. The molecule has 5 rings (SSSR count). The van der Waals surface area contributed by atoms with Gasteiger partial charge in [-0.05, 0) is 57.9 Å². The second kappa shape index (κ2) is 10.5. The van der Waals surface area contributed by atoms with Crippen LogP contribution < -0.4 is 20.5 Å². The molecule has 0 saturated carbocycles. The van der Waals surface area contributed by atoms with E-state index in [1.165, 1.54) is 24.5 Å². The molecule has 4 aromatic rings. The van der Waals surface area contributed by atoms with E-state index in [1.807, 2.05) is 25.1 Å². The molecule has 1 saturated heterocycles. The number of pyridine rings is 3. The molecule has 3 N–H and O–H groups in total. The lowest BCUT2D eigenvalue weighted by Gasteiger charge is -2.40. The predicted molar refractivity (Wildman–Crippen MR) is 149 cm³/mol. The number of ether oxygens (including phenoxy) is 1. The van der Waals surface area contributed by atoms with Gasteiger partial charge in [-0.3, -0.25) is 9.59 Å². The molecule has 0 unspecified atom stereocenters. The van der Waals surface area contributed by atoms with E-state index in [2.05, 4.69) is 26.4 Å². The highest BCUT2D eigenvalue weighted by Crippen LogP contribution is 2.32. The fraction of sp³-hybridized carbons (Fsp3) is 0.345. The molecule has 0 aromatic carbocycles. The Kier molecular flexibility index (Phi) is 7.04. The summed E-state index contributed by atoms with van der Waals surface area (Å²) in [6.07, 6.45) is 7.86. The molecule has 0 spiro atoms. The summed E-state index contributed by atoms with van der Waals surface area (Å²) in [5, 5.41) is 27.1. The van der Waals surface area contributed by atoms with E-state index in [4.69, 9.17) is 9.72 Å². The van der Waals surface area contributed by atoms with Crippen LogP contribution in [0.25, 0.3) is 16.6 Å². The van der Waals surface area contributed by atoms with E-state index in [-0.39, 0.29) is 23.6 Å². The topological polar surface area (TPSA) is 149 Å². The third kappa shape index (κ3) is 5.82. The van der Waals surface area contributed by atoms with Gasteiger partial charge < -0.3 is 25.0 Å². The summed E-state index contributed by atoms with van der Waals surface area (Å²) in [5.74, 6) is 1.11. The second-order valence-electron chi connectivity index (χ2n) is 11.0. The Balaban J connectivity index is 1.31. The number of H-pyrrole nitrogens is 1. The number of rotatable bonds is 7. The lowest BCUT2D eigenvalue weighted by Crippen LogP contribution is -2.53. The fourth-order valence-electron chi connectivity index (χ4n) is 4.72. The van der Waals surface area contributed by atoms with Crippen LogP contribution in [-0.4, -0.2) is 61.4 Å². The van der Waals surface area contributed by atoms with Crippen LogP contribution in [0.2, 0.25) is 0 Å². The van der Waals surface area contributed by atoms with Crippen molar-refractivity contribution in [1.82, 2.24) is 24.9 Å². The van der Waals surface area contributed by atoms with Crippen molar-refractivity contribution < 1.29 is 14.6 Å². The number of fused-ring (bicyclic) bond motifs is 1. The number of aromatic nitrogens is 4. The zero-order chi connectivity index (χ0) is 28.5. The van der Waals surface area contributed by atoms with Gasteiger partial charge in [-0.25, -0.2) is 9.50 Å². The first-order valence-corrected chi connectivity index (χ1v) is 13.0. The number of aliphatic hydroxyl groups is 1. The van der Waals surface area contributed by atoms with Gasteiger partial charge in [0, 0.05) is 48.2 Å². The first-order valence-electron chi connectivity index (χ1n) is 13.0. The first kappa shape index (κ1) is 26.9. The van der Waals surface area contributed by atoms with Gasteiger partial charge in [-0.15, -0.1) is 0 Å². The number of carbonyl (C=O) groups is 1. The summed E-state index contributed by atoms with van der Waals surface area (Å²) in [5.41, 5.74) is 1.42. The Morgan fingerprint density at radius 1 is 1.25 bits per heavy atom. The molecule has 0 aliphatic carbocycles. The van der Waals surface area contributed by atoms with Gasteiger partial charge in [0.05, 0.1) is 34.6 Å². The quantitative estimate of drug-likeness (QED) is 0.323. The van der Waals surface area contributed by atoms with Crippen molar-refractivity contribution in [1.29, 1.82) is 5.26 Å². The minimum absolute atomic E-state index is 0.0979. The van der Waals surface area contributed by atoms with E-state index < -0.39 is 5.60 Å². The normalized spacial score (nSPS) is 15.0. The van der Waals surface area contributed by atoms with Crippen molar-refractivity contribution in [2.75, 3.05) is 24.6 Å². The van der Waals surface area contributed by atoms with Crippen molar-refractivity contribution in [3.05, 3.63) is 76.6 Å². The minimum atomic E-state index is -1.00. The van der Waals surface area contributed by atoms with Gasteiger partial charge >= 0.3 is 0 Å². The first-order chi connectivity index (χ1) is 19.0. The van der Waals surface area contributed by atoms with Crippen molar-refractivity contribution in [3.63, 3.8) is 0 Å². The van der Waals surface area contributed by atoms with Crippen LogP contribution in [0, 0.1) is 11.3 Å². The number of nitrogens with one attached hydrogen (secondary N) is 2. The number of piperidine rings is 1. The summed E-state index contributed by atoms with van der Waals surface area (Å²) < 4.78 is 7.42. The Labute approximate surface area is 231 Å². The van der Waals surface area contributed by atoms with E-state index in [0.29, 0.717) is 35.5 Å². The maximum Gasteiger partial charge on any atom is 0.253 e. The standard InChI is InChI=1S/C29H31N7O4/c1-28(2,39)18-40-22-12-23(26-21(13-30)16-33-36(26)17-22)19-4-6-24(31-14-19)35-10-8-29(3,9-11-35)34-27(38)20-5-7-25(37)32-15-20/h4-7,12,14-17,39H,8-11,18H2,1-3H3,(H,32,37)(H,34,38). The van der Waals surface area contributed by atoms with E-state index in [0.717, 1.165) is 29.8 Å². The zero-order valence-corrected chi connectivity index (χ0v) is 22.6. The third-order valence-electron chi connectivity index (χ3n) is 7.01. The maximum atomic E-state index is 12.7. The third-order valence-corrected chi connectivity index (χ3v) is 7.01. The number of nitriles is 1. The Morgan fingerprint density at radius 3 is 2.65 bits per heavy atom. The van der Waals surface area contributed by atoms with Crippen LogP contribution in [0.1, 0.15) is 49.5 Å². The lowest BCUT2D eigenvalue weighted by atomic mass is 9.89. The van der Waals surface area contributed by atoms with E-state index >= 15 is 0 Å². The minimum Gasteiger partial charge on any atom is -0.489 e. The van der Waals surface area contributed by atoms with E-state index in [9.17, 15) is 20.0 Å². The van der Waals surface area contributed by atoms with Crippen molar-refractivity contribution >= 4 is 17.2 Å². The summed E-state index contributed by atoms with van der Waals surface area (Å²) in [4.78, 5) is 33.4. The number of hydrogen-bond donors (Lipinski definition) is 3. The Hall–Kier alpha value is -4.69. The van der Waals surface area contributed by atoms with Gasteiger partial charge in [0.1, 0.15) is 24.2 Å². The molecule has 1 aliphatic rings. The maximum absolute atomic E-state index is 12.7. The second-order valence-corrected chi connectivity index (χ2v) is 11.0. The van der Waals surface area contributed by atoms with Crippen LogP contribution in [0.4, 0.5) is 5.82 Å². The smallest absolute Gasteiger partial charge is 0.253 e. The predicted octanol–water partition coefficient (Wildman–Crippen LogP) is 2.89. The molecule has 0 atom stereocenters. The Morgan fingerprint density at radius 2 is 2.02 bits per heavy atom. The number of aromatic amines is 1. The molecule has 0 bridgehead atoms. The molecule has 11 nitrogen and oxygen atoms in total. The molecule has 4 aromatic heterocycles. The number of nitrogens with zero attached hydrogens (tertiary/aromatic N) is 5. The fourth-order valence-corrected chi connectivity index (χ4v) is 4.72. The molecule has 1 aliphatic heterocycles. The van der Waals surface area contributed by atoms with Gasteiger partial charge in [0.2, 0.25) is 5.56 Å². The van der Waals surface area contributed by atoms with Crippen LogP contribution >= 0.6 is 0 Å². The summed E-state index contributed by atoms with van der Waals surface area (Å²) in [6, 6.07) is 10.8. The monoisotopic (exact) mass is 541 g/mol. The lowest BCUT2D eigenvalue weighted by molar-refractivity contribution is 0.0283. The Bertz CT molecular complexity index is 1620. The highest BCUT2D eigenvalue weighted by Gasteiger charge is 2.32. The summed E-state index contributed by atoms with van der Waals surface area (Å²) in [7, 11) is 0. The van der Waals surface area contributed by atoms with Crippen LogP contribution in [0.3, 0.4) is 0 Å². The van der Waals surface area contributed by atoms with Gasteiger partial charge in [0.25, 0.3) is 5.91 Å². The average Bonchev–Trinajstić information content (AvgIpc) is 3.35. The highest BCUT2D eigenvalue weighted by atomic mass is 16.5. The van der Waals surface area contributed by atoms with Crippen molar-refractivity contribution in [2.24, 2.45) is 0 Å². The largest absolute Gasteiger partial charge is 0.489 e. The average molecular weight is 542 g/mol. The van der Waals surface area contributed by atoms with Gasteiger partial charge in [-0.1, -0.05) is 0 Å². The molecule has 206 valence electrons. The molecular formula is C29H31N7O4. The number of hydrogen-bond acceptors (Lipinski definition) is 8. The molecule has 5 heterocycles. The molecule has 40 heavy (non-hydrogen) atoms. The van der Waals surface area contributed by atoms with Crippen molar-refractivity contribution in [3.8, 4) is 22.9 Å². The molecule has 11 heteroatoms. The van der Waals surface area contributed by atoms with Gasteiger partial charge in [-0.2, -0.15) is 10.4 Å². The summed E-state index contributed by atoms with van der Waals surface area (Å²) in [6.45, 7) is 6.88. The molecular weight excluding hydrogens is 510 g/mol. The van der Waals surface area contributed by atoms with Crippen LogP contribution in [0.15, 0.2) is 59.9 Å². The summed E-state index contributed by atoms with van der Waals surface area (Å²) >= 11 is 0. The molecule has 1 amide bonds. The van der Waals surface area contributed by atoms with Crippen molar-refractivity contribution in [2.45, 2.75) is 44.8 Å². The molecule has 1 fully saturated rings. The molecule has 0 radical (unpaired) electrons. The van der Waals surface area contributed by atoms with E-state index in [1.54, 1.807) is 30.8 Å². The number of anilines is 1. The van der Waals surface area contributed by atoms with Gasteiger partial charge in [0.15, 0.2) is 0 Å². The van der Waals surface area contributed by atoms with Crippen LogP contribution in [-0.2, 0) is 0 Å². The SMILES string of the molecule is CC(C)(O)COc1cc(-c2ccc(N3CCC(C)(NC(=O)c4ccc(=O)[nH]c4)CC3)nc2)c2c(C#N)cnn2c1.